The normalized spacial score (nSPS) is 12.7. The lowest BCUT2D eigenvalue weighted by Crippen LogP contribution is -2.19. The highest BCUT2D eigenvalue weighted by molar-refractivity contribution is 9.11. The van der Waals surface area contributed by atoms with Crippen molar-refractivity contribution in [2.24, 2.45) is 0 Å². The van der Waals surface area contributed by atoms with Crippen molar-refractivity contribution in [3.05, 3.63) is 53.5 Å². The van der Waals surface area contributed by atoms with E-state index in [9.17, 15) is 0 Å². The molecule has 96 valence electrons. The van der Waals surface area contributed by atoms with Crippen LogP contribution < -0.4 is 5.32 Å². The molecule has 2 aromatic rings. The van der Waals surface area contributed by atoms with E-state index in [1.54, 1.807) is 11.3 Å². The van der Waals surface area contributed by atoms with E-state index in [-0.39, 0.29) is 0 Å². The number of benzene rings is 1. The van der Waals surface area contributed by atoms with Crippen molar-refractivity contribution < 1.29 is 0 Å². The smallest absolute Gasteiger partial charge is 0.0378 e. The van der Waals surface area contributed by atoms with Gasteiger partial charge in [-0.15, -0.1) is 11.3 Å². The van der Waals surface area contributed by atoms with E-state index < -0.39 is 0 Å². The molecule has 0 spiro atoms. The molecule has 1 heterocycles. The summed E-state index contributed by atoms with van der Waals surface area (Å²) in [6, 6.07) is 8.68. The fraction of sp³-hybridized carbons (Fsp3) is 0.231. The number of likely N-dealkylation sites (N-methyl/N-ethyl adjacent to an activating group) is 1. The van der Waals surface area contributed by atoms with Crippen LogP contribution in [0.15, 0.2) is 43.1 Å². The first-order valence-electron chi connectivity index (χ1n) is 5.46. The van der Waals surface area contributed by atoms with Crippen molar-refractivity contribution >= 4 is 59.1 Å². The molecule has 2 rings (SSSR count). The number of hydrogen-bond acceptors (Lipinski definition) is 2. The second-order valence-electron chi connectivity index (χ2n) is 3.90. The average Bonchev–Trinajstić information content (AvgIpc) is 2.75. The number of rotatable bonds is 4. The largest absolute Gasteiger partial charge is 0.313 e. The van der Waals surface area contributed by atoms with Gasteiger partial charge in [0, 0.05) is 30.8 Å². The van der Waals surface area contributed by atoms with Crippen molar-refractivity contribution in [2.45, 2.75) is 12.5 Å². The van der Waals surface area contributed by atoms with Crippen LogP contribution in [0.1, 0.15) is 16.5 Å². The Morgan fingerprint density at radius 2 is 1.94 bits per heavy atom. The van der Waals surface area contributed by atoms with Gasteiger partial charge in [0.2, 0.25) is 0 Å². The molecule has 1 N–H and O–H groups in total. The third kappa shape index (κ3) is 3.45. The maximum atomic E-state index is 3.63. The Balaban J connectivity index is 2.28. The Morgan fingerprint density at radius 1 is 1.17 bits per heavy atom. The molecule has 0 bridgehead atoms. The molecule has 1 aromatic carbocycles. The molecule has 0 saturated carbocycles. The number of halogens is 3. The van der Waals surface area contributed by atoms with E-state index in [0.29, 0.717) is 6.04 Å². The van der Waals surface area contributed by atoms with Crippen molar-refractivity contribution in [2.75, 3.05) is 7.05 Å². The van der Waals surface area contributed by atoms with Crippen LogP contribution in [0.2, 0.25) is 0 Å². The zero-order valence-corrected chi connectivity index (χ0v) is 15.3. The third-order valence-electron chi connectivity index (χ3n) is 2.76. The SMILES string of the molecule is CNC(Cc1sccc1Br)c1cc(Br)ccc1Br. The van der Waals surface area contributed by atoms with Crippen LogP contribution in [0.25, 0.3) is 0 Å². The highest BCUT2D eigenvalue weighted by atomic mass is 79.9. The lowest BCUT2D eigenvalue weighted by atomic mass is 10.0. The third-order valence-corrected chi connectivity index (χ3v) is 5.93. The summed E-state index contributed by atoms with van der Waals surface area (Å²) in [5.41, 5.74) is 1.27. The first-order chi connectivity index (χ1) is 8.61. The van der Waals surface area contributed by atoms with Crippen molar-refractivity contribution in [1.82, 2.24) is 5.32 Å². The highest BCUT2D eigenvalue weighted by Gasteiger charge is 2.15. The summed E-state index contributed by atoms with van der Waals surface area (Å²) >= 11 is 12.5. The summed E-state index contributed by atoms with van der Waals surface area (Å²) in [6.07, 6.45) is 0.976. The maximum absolute atomic E-state index is 3.63. The van der Waals surface area contributed by atoms with E-state index >= 15 is 0 Å². The molecule has 18 heavy (non-hydrogen) atoms. The first kappa shape index (κ1) is 14.7. The molecule has 0 amide bonds. The summed E-state index contributed by atoms with van der Waals surface area (Å²) in [6.45, 7) is 0. The first-order valence-corrected chi connectivity index (χ1v) is 8.71. The molecule has 1 unspecified atom stereocenters. The minimum absolute atomic E-state index is 0.298. The van der Waals surface area contributed by atoms with E-state index in [4.69, 9.17) is 0 Å². The van der Waals surface area contributed by atoms with Crippen molar-refractivity contribution in [3.8, 4) is 0 Å². The predicted molar refractivity (Wildman–Crippen MR) is 89.4 cm³/mol. The molecule has 0 aliphatic carbocycles. The summed E-state index contributed by atoms with van der Waals surface area (Å²) in [5, 5.41) is 5.50. The van der Waals surface area contributed by atoms with Gasteiger partial charge >= 0.3 is 0 Å². The van der Waals surface area contributed by atoms with Crippen LogP contribution >= 0.6 is 59.1 Å². The molecule has 1 aromatic heterocycles. The van der Waals surface area contributed by atoms with Gasteiger partial charge < -0.3 is 5.32 Å². The van der Waals surface area contributed by atoms with Crippen LogP contribution in [0.4, 0.5) is 0 Å². The van der Waals surface area contributed by atoms with Gasteiger partial charge in [-0.2, -0.15) is 0 Å². The van der Waals surface area contributed by atoms with E-state index in [0.717, 1.165) is 15.4 Å². The highest BCUT2D eigenvalue weighted by Crippen LogP contribution is 2.32. The second-order valence-corrected chi connectivity index (χ2v) is 7.53. The summed E-state index contributed by atoms with van der Waals surface area (Å²) in [7, 11) is 2.00. The average molecular weight is 454 g/mol. The minimum Gasteiger partial charge on any atom is -0.313 e. The van der Waals surface area contributed by atoms with Gasteiger partial charge in [-0.1, -0.05) is 31.9 Å². The molecule has 1 atom stereocenters. The molecular weight excluding hydrogens is 442 g/mol. The quantitative estimate of drug-likeness (QED) is 0.641. The van der Waals surface area contributed by atoms with Gasteiger partial charge in [0.05, 0.1) is 0 Å². The summed E-state index contributed by atoms with van der Waals surface area (Å²) in [4.78, 5) is 1.36. The van der Waals surface area contributed by atoms with E-state index in [1.165, 1.54) is 14.9 Å². The van der Waals surface area contributed by atoms with Crippen LogP contribution in [-0.4, -0.2) is 7.05 Å². The molecular formula is C13H12Br3NS. The van der Waals surface area contributed by atoms with E-state index in [1.807, 2.05) is 13.1 Å². The Kier molecular flexibility index (Phi) is 5.45. The lowest BCUT2D eigenvalue weighted by molar-refractivity contribution is 0.593. The maximum Gasteiger partial charge on any atom is 0.0378 e. The Labute approximate surface area is 136 Å². The van der Waals surface area contributed by atoms with Crippen LogP contribution in [0.5, 0.6) is 0 Å². The molecule has 0 aliphatic heterocycles. The Bertz CT molecular complexity index is 539. The van der Waals surface area contributed by atoms with Crippen LogP contribution in [-0.2, 0) is 6.42 Å². The standard InChI is InChI=1S/C13H12Br3NS/c1-17-12(7-13-11(16)4-5-18-13)9-6-8(14)2-3-10(9)15/h2-6,12,17H,7H2,1H3. The summed E-state index contributed by atoms with van der Waals surface area (Å²) in [5.74, 6) is 0. The van der Waals surface area contributed by atoms with E-state index in [2.05, 4.69) is 76.7 Å². The minimum atomic E-state index is 0.298. The number of nitrogens with one attached hydrogen (secondary N) is 1. The van der Waals surface area contributed by atoms with Crippen LogP contribution in [0.3, 0.4) is 0 Å². The molecule has 0 radical (unpaired) electrons. The van der Waals surface area contributed by atoms with Crippen LogP contribution in [0, 0.1) is 0 Å². The number of hydrogen-bond donors (Lipinski definition) is 1. The fourth-order valence-corrected chi connectivity index (χ4v) is 4.27. The van der Waals surface area contributed by atoms with Gasteiger partial charge in [-0.3, -0.25) is 0 Å². The molecule has 5 heteroatoms. The second kappa shape index (κ2) is 6.66. The van der Waals surface area contributed by atoms with Crippen molar-refractivity contribution in [3.63, 3.8) is 0 Å². The number of thiophene rings is 1. The zero-order chi connectivity index (χ0) is 13.1. The summed E-state index contributed by atoms with van der Waals surface area (Å²) < 4.78 is 3.43. The van der Waals surface area contributed by atoms with Gasteiger partial charge in [0.15, 0.2) is 0 Å². The van der Waals surface area contributed by atoms with Gasteiger partial charge in [-0.25, -0.2) is 0 Å². The van der Waals surface area contributed by atoms with Gasteiger partial charge in [0.1, 0.15) is 0 Å². The molecule has 1 nitrogen and oxygen atoms in total. The van der Waals surface area contributed by atoms with Gasteiger partial charge in [-0.05, 0) is 58.2 Å². The fourth-order valence-electron chi connectivity index (χ4n) is 1.81. The predicted octanol–water partition coefficient (Wildman–Crippen LogP) is 5.54. The Hall–Kier alpha value is 0.320. The van der Waals surface area contributed by atoms with Gasteiger partial charge in [0.25, 0.3) is 0 Å². The Morgan fingerprint density at radius 3 is 2.56 bits per heavy atom. The zero-order valence-electron chi connectivity index (χ0n) is 9.71. The monoisotopic (exact) mass is 451 g/mol. The molecule has 0 saturated heterocycles. The lowest BCUT2D eigenvalue weighted by Gasteiger charge is -2.18. The topological polar surface area (TPSA) is 12.0 Å². The molecule has 0 fully saturated rings. The molecule has 0 aliphatic rings. The van der Waals surface area contributed by atoms with Crippen molar-refractivity contribution in [1.29, 1.82) is 0 Å².